The van der Waals surface area contributed by atoms with Crippen molar-refractivity contribution < 1.29 is 19.4 Å². The van der Waals surface area contributed by atoms with Gasteiger partial charge in [0.05, 0.1) is 22.3 Å². The fourth-order valence-corrected chi connectivity index (χ4v) is 2.35. The van der Waals surface area contributed by atoms with E-state index < -0.39 is 27.6 Å². The molecule has 2 N–H and O–H groups in total. The topological polar surface area (TPSA) is 169 Å². The second-order valence-electron chi connectivity index (χ2n) is 6.13. The molecule has 0 spiro atoms. The van der Waals surface area contributed by atoms with Crippen molar-refractivity contribution >= 4 is 35.6 Å². The number of non-ortho nitro benzene ring substituents is 2. The van der Waals surface area contributed by atoms with Gasteiger partial charge in [-0.2, -0.15) is 10.2 Å². The summed E-state index contributed by atoms with van der Waals surface area (Å²) in [6.07, 6.45) is 2.77. The highest BCUT2D eigenvalue weighted by Gasteiger charge is 2.24. The summed E-state index contributed by atoms with van der Waals surface area (Å²) < 4.78 is 0. The van der Waals surface area contributed by atoms with Crippen molar-refractivity contribution in [2.45, 2.75) is 13.3 Å². The molecule has 2 aromatic carbocycles. The fourth-order valence-electron chi connectivity index (χ4n) is 2.35. The zero-order chi connectivity index (χ0) is 22.8. The number of nitro benzene ring substituents is 2. The molecule has 0 fully saturated rings. The van der Waals surface area contributed by atoms with E-state index in [9.17, 15) is 29.8 Å². The predicted molar refractivity (Wildman–Crippen MR) is 111 cm³/mol. The number of hydrazone groups is 2. The number of hydrogen-bond donors (Lipinski definition) is 2. The van der Waals surface area contributed by atoms with E-state index in [1.807, 2.05) is 0 Å². The number of hydrogen-bond acceptors (Lipinski definition) is 8. The monoisotopic (exact) mass is 426 g/mol. The summed E-state index contributed by atoms with van der Waals surface area (Å²) >= 11 is 0. The van der Waals surface area contributed by atoms with Crippen LogP contribution in [0.3, 0.4) is 0 Å². The van der Waals surface area contributed by atoms with Crippen LogP contribution in [0.1, 0.15) is 24.5 Å². The van der Waals surface area contributed by atoms with Crippen molar-refractivity contribution in [3.05, 3.63) is 79.9 Å². The number of amides is 2. The Balaban J connectivity index is 1.89. The normalized spacial score (nSPS) is 11.0. The molecule has 2 amide bonds. The van der Waals surface area contributed by atoms with Gasteiger partial charge in [0.25, 0.3) is 23.2 Å². The molecular weight excluding hydrogens is 408 g/mol. The molecule has 0 heterocycles. The van der Waals surface area contributed by atoms with Crippen molar-refractivity contribution in [2.24, 2.45) is 16.1 Å². The lowest BCUT2D eigenvalue weighted by molar-refractivity contribution is -0.385. The Morgan fingerprint density at radius 1 is 0.839 bits per heavy atom. The van der Waals surface area contributed by atoms with Gasteiger partial charge in [-0.1, -0.05) is 6.92 Å². The SMILES string of the molecule is CCC(C(=O)N/N=C\c1ccc([N+](=O)[O-])cc1)C(=O)N/N=C\c1ccc([N+](=O)[O-])cc1. The first-order valence-corrected chi connectivity index (χ1v) is 8.96. The zero-order valence-corrected chi connectivity index (χ0v) is 16.3. The van der Waals surface area contributed by atoms with E-state index in [2.05, 4.69) is 21.1 Å². The summed E-state index contributed by atoms with van der Waals surface area (Å²) in [5.74, 6) is -2.35. The van der Waals surface area contributed by atoms with Gasteiger partial charge in [0, 0.05) is 24.3 Å². The molecule has 0 saturated carbocycles. The Hall–Kier alpha value is -4.48. The smallest absolute Gasteiger partial charge is 0.269 e. The maximum Gasteiger partial charge on any atom is 0.269 e. The molecule has 12 nitrogen and oxygen atoms in total. The lowest BCUT2D eigenvalue weighted by Crippen LogP contribution is -2.37. The van der Waals surface area contributed by atoms with Crippen molar-refractivity contribution in [3.8, 4) is 0 Å². The molecule has 0 radical (unpaired) electrons. The first-order valence-electron chi connectivity index (χ1n) is 8.96. The number of carbonyl (C=O) groups excluding carboxylic acids is 2. The van der Waals surface area contributed by atoms with Crippen LogP contribution >= 0.6 is 0 Å². The van der Waals surface area contributed by atoms with Gasteiger partial charge >= 0.3 is 0 Å². The fraction of sp³-hybridized carbons (Fsp3) is 0.158. The van der Waals surface area contributed by atoms with Crippen LogP contribution in [0, 0.1) is 26.1 Å². The summed E-state index contributed by atoms with van der Waals surface area (Å²) in [5.41, 5.74) is 5.40. The average molecular weight is 426 g/mol. The molecule has 0 atom stereocenters. The predicted octanol–water partition coefficient (Wildman–Crippen LogP) is 2.13. The standard InChI is InChI=1S/C19H18N6O6/c1-2-17(18(26)22-20-11-13-3-7-15(8-4-13)24(28)29)19(27)23-21-12-14-5-9-16(10-6-14)25(30)31/h3-12,17H,2H2,1H3,(H,22,26)(H,23,27)/b20-11-,21-12-. The summed E-state index contributed by atoms with van der Waals surface area (Å²) in [6.45, 7) is 1.64. The molecule has 12 heteroatoms. The van der Waals surface area contributed by atoms with Gasteiger partial charge in [-0.25, -0.2) is 10.9 Å². The Morgan fingerprint density at radius 3 is 1.48 bits per heavy atom. The zero-order valence-electron chi connectivity index (χ0n) is 16.3. The molecule has 0 aromatic heterocycles. The minimum atomic E-state index is -1.05. The second-order valence-corrected chi connectivity index (χ2v) is 6.13. The van der Waals surface area contributed by atoms with E-state index in [4.69, 9.17) is 0 Å². The number of nitrogens with zero attached hydrogens (tertiary/aromatic N) is 4. The summed E-state index contributed by atoms with van der Waals surface area (Å²) in [6, 6.07) is 11.1. The highest BCUT2D eigenvalue weighted by molar-refractivity contribution is 6.00. The van der Waals surface area contributed by atoms with Crippen molar-refractivity contribution in [1.29, 1.82) is 0 Å². The van der Waals surface area contributed by atoms with Gasteiger partial charge in [0.1, 0.15) is 5.92 Å². The summed E-state index contributed by atoms with van der Waals surface area (Å²) in [5, 5.41) is 28.7. The van der Waals surface area contributed by atoms with E-state index in [-0.39, 0.29) is 17.8 Å². The van der Waals surface area contributed by atoms with Crippen LogP contribution in [0.15, 0.2) is 58.7 Å². The minimum absolute atomic E-state index is 0.0711. The van der Waals surface area contributed by atoms with Crippen LogP contribution in [0.4, 0.5) is 11.4 Å². The number of nitro groups is 2. The van der Waals surface area contributed by atoms with Crippen molar-refractivity contribution in [1.82, 2.24) is 10.9 Å². The van der Waals surface area contributed by atoms with Crippen molar-refractivity contribution in [2.75, 3.05) is 0 Å². The van der Waals surface area contributed by atoms with E-state index in [1.54, 1.807) is 6.92 Å². The molecule has 0 unspecified atom stereocenters. The van der Waals surface area contributed by atoms with Gasteiger partial charge in [-0.05, 0) is 41.8 Å². The van der Waals surface area contributed by atoms with Gasteiger partial charge in [0.15, 0.2) is 0 Å². The molecular formula is C19H18N6O6. The Bertz CT molecular complexity index is 936. The number of rotatable bonds is 9. The van der Waals surface area contributed by atoms with Gasteiger partial charge in [0.2, 0.25) is 0 Å². The third-order valence-corrected chi connectivity index (χ3v) is 4.03. The van der Waals surface area contributed by atoms with Crippen LogP contribution in [0.25, 0.3) is 0 Å². The highest BCUT2D eigenvalue weighted by Crippen LogP contribution is 2.11. The first-order chi connectivity index (χ1) is 14.8. The van der Waals surface area contributed by atoms with Crippen LogP contribution < -0.4 is 10.9 Å². The Labute approximate surface area is 176 Å². The van der Waals surface area contributed by atoms with Crippen LogP contribution in [0.5, 0.6) is 0 Å². The van der Waals surface area contributed by atoms with Gasteiger partial charge in [-0.3, -0.25) is 29.8 Å². The molecule has 2 rings (SSSR count). The first kappa shape index (κ1) is 22.8. The molecule has 160 valence electrons. The summed E-state index contributed by atoms with van der Waals surface area (Å²) in [7, 11) is 0. The second kappa shape index (κ2) is 10.9. The van der Waals surface area contributed by atoms with Crippen LogP contribution in [0.2, 0.25) is 0 Å². The average Bonchev–Trinajstić information content (AvgIpc) is 2.75. The van der Waals surface area contributed by atoms with Crippen LogP contribution in [-0.2, 0) is 9.59 Å². The molecule has 0 aliphatic rings. The van der Waals surface area contributed by atoms with E-state index in [0.717, 1.165) is 0 Å². The third kappa shape index (κ3) is 6.81. The van der Waals surface area contributed by atoms with Gasteiger partial charge < -0.3 is 0 Å². The molecule has 0 bridgehead atoms. The molecule has 0 aliphatic carbocycles. The minimum Gasteiger partial charge on any atom is -0.272 e. The third-order valence-electron chi connectivity index (χ3n) is 4.03. The maximum atomic E-state index is 12.2. The molecule has 0 aliphatic heterocycles. The van der Waals surface area contributed by atoms with Crippen LogP contribution in [-0.4, -0.2) is 34.1 Å². The lowest BCUT2D eigenvalue weighted by Gasteiger charge is -2.10. The Morgan fingerprint density at radius 2 is 1.19 bits per heavy atom. The molecule has 31 heavy (non-hydrogen) atoms. The molecule has 2 aromatic rings. The number of benzene rings is 2. The number of nitrogens with one attached hydrogen (secondary N) is 2. The lowest BCUT2D eigenvalue weighted by atomic mass is 10.1. The van der Waals surface area contributed by atoms with E-state index >= 15 is 0 Å². The molecule has 0 saturated heterocycles. The summed E-state index contributed by atoms with van der Waals surface area (Å²) in [4.78, 5) is 44.6. The van der Waals surface area contributed by atoms with Gasteiger partial charge in [-0.15, -0.1) is 0 Å². The Kier molecular flexibility index (Phi) is 8.02. The number of carbonyl (C=O) groups is 2. The largest absolute Gasteiger partial charge is 0.272 e. The van der Waals surface area contributed by atoms with E-state index in [0.29, 0.717) is 11.1 Å². The maximum absolute atomic E-state index is 12.2. The van der Waals surface area contributed by atoms with Crippen molar-refractivity contribution in [3.63, 3.8) is 0 Å². The van der Waals surface area contributed by atoms with E-state index in [1.165, 1.54) is 61.0 Å². The highest BCUT2D eigenvalue weighted by atomic mass is 16.6. The quantitative estimate of drug-likeness (QED) is 0.269.